The fourth-order valence-corrected chi connectivity index (χ4v) is 3.58. The molecule has 5 heteroatoms. The second kappa shape index (κ2) is 9.41. The lowest BCUT2D eigenvalue weighted by molar-refractivity contribution is 0.0672. The monoisotopic (exact) mass is 392 g/mol. The Kier molecular flexibility index (Phi) is 6.70. The molecule has 1 unspecified atom stereocenters. The van der Waals surface area contributed by atoms with Gasteiger partial charge in [-0.3, -0.25) is 4.79 Å². The number of aryl methyl sites for hydroxylation is 2. The number of hydrogen-bond acceptors (Lipinski definition) is 4. The van der Waals surface area contributed by atoms with Gasteiger partial charge in [-0.25, -0.2) is 0 Å². The van der Waals surface area contributed by atoms with E-state index in [1.165, 1.54) is 0 Å². The highest BCUT2D eigenvalue weighted by Gasteiger charge is 2.28. The van der Waals surface area contributed by atoms with Crippen LogP contribution in [0.5, 0.6) is 5.75 Å². The first-order valence-corrected chi connectivity index (χ1v) is 9.97. The first-order valence-electron chi connectivity index (χ1n) is 9.97. The lowest BCUT2D eigenvalue weighted by Gasteiger charge is -2.30. The van der Waals surface area contributed by atoms with E-state index < -0.39 is 0 Å². The van der Waals surface area contributed by atoms with Gasteiger partial charge >= 0.3 is 0 Å². The molecule has 2 aromatic carbocycles. The van der Waals surface area contributed by atoms with E-state index in [1.807, 2.05) is 66.4 Å². The standard InChI is InChI=1S/C24H28N2O3/c1-5-21-23(18(3)29-25-21)24(27)26(16-19-11-7-6-8-12-19)17(2)15-20-13-9-10-14-22(20)28-4/h6-14,17H,5,15-16H2,1-4H3. The molecule has 0 saturated heterocycles. The lowest BCUT2D eigenvalue weighted by Crippen LogP contribution is -2.40. The minimum Gasteiger partial charge on any atom is -0.496 e. The molecule has 0 fully saturated rings. The molecule has 0 N–H and O–H groups in total. The van der Waals surface area contributed by atoms with Crippen LogP contribution in [0.2, 0.25) is 0 Å². The SMILES string of the molecule is CCc1noc(C)c1C(=O)N(Cc1ccccc1)C(C)Cc1ccccc1OC. The second-order valence-electron chi connectivity index (χ2n) is 7.20. The normalized spacial score (nSPS) is 11.9. The number of hydrogen-bond donors (Lipinski definition) is 0. The van der Waals surface area contributed by atoms with Crippen LogP contribution in [0.1, 0.15) is 46.8 Å². The van der Waals surface area contributed by atoms with Crippen molar-refractivity contribution in [2.24, 2.45) is 0 Å². The van der Waals surface area contributed by atoms with Gasteiger partial charge < -0.3 is 14.2 Å². The molecular formula is C24H28N2O3. The van der Waals surface area contributed by atoms with Gasteiger partial charge in [0.15, 0.2) is 0 Å². The second-order valence-corrected chi connectivity index (χ2v) is 7.20. The summed E-state index contributed by atoms with van der Waals surface area (Å²) in [5, 5.41) is 4.07. The third-order valence-corrected chi connectivity index (χ3v) is 5.18. The zero-order chi connectivity index (χ0) is 20.8. The molecule has 0 spiro atoms. The maximum atomic E-state index is 13.6. The summed E-state index contributed by atoms with van der Waals surface area (Å²) < 4.78 is 10.8. The number of carbonyl (C=O) groups excluding carboxylic acids is 1. The topological polar surface area (TPSA) is 55.6 Å². The van der Waals surface area contributed by atoms with E-state index in [4.69, 9.17) is 9.26 Å². The summed E-state index contributed by atoms with van der Waals surface area (Å²) in [5.74, 6) is 1.35. The molecule has 0 saturated carbocycles. The number of amides is 1. The summed E-state index contributed by atoms with van der Waals surface area (Å²) in [5.41, 5.74) is 3.44. The molecule has 1 aromatic heterocycles. The number of carbonyl (C=O) groups is 1. The van der Waals surface area contributed by atoms with Crippen molar-refractivity contribution in [1.29, 1.82) is 0 Å². The Labute approximate surface area is 172 Å². The molecule has 1 heterocycles. The van der Waals surface area contributed by atoms with Crippen molar-refractivity contribution in [1.82, 2.24) is 10.1 Å². The van der Waals surface area contributed by atoms with Crippen LogP contribution in [0.15, 0.2) is 59.1 Å². The van der Waals surface area contributed by atoms with Crippen molar-refractivity contribution < 1.29 is 14.1 Å². The number of methoxy groups -OCH3 is 1. The van der Waals surface area contributed by atoms with Crippen molar-refractivity contribution in [2.75, 3.05) is 7.11 Å². The van der Waals surface area contributed by atoms with Crippen LogP contribution in [-0.4, -0.2) is 29.1 Å². The maximum Gasteiger partial charge on any atom is 0.259 e. The average molecular weight is 392 g/mol. The van der Waals surface area contributed by atoms with Gasteiger partial charge in [0.2, 0.25) is 0 Å². The number of ether oxygens (including phenoxy) is 1. The van der Waals surface area contributed by atoms with Gasteiger partial charge in [0.25, 0.3) is 5.91 Å². The number of rotatable bonds is 8. The highest BCUT2D eigenvalue weighted by atomic mass is 16.5. The molecule has 1 amide bonds. The average Bonchev–Trinajstić information content (AvgIpc) is 3.13. The lowest BCUT2D eigenvalue weighted by atomic mass is 10.0. The Bertz CT molecular complexity index is 950. The molecule has 3 aromatic rings. The van der Waals surface area contributed by atoms with E-state index in [1.54, 1.807) is 14.0 Å². The Morgan fingerprint density at radius 3 is 2.52 bits per heavy atom. The summed E-state index contributed by atoms with van der Waals surface area (Å²) in [6.07, 6.45) is 1.34. The molecule has 3 rings (SSSR count). The van der Waals surface area contributed by atoms with Gasteiger partial charge in [0, 0.05) is 12.6 Å². The highest BCUT2D eigenvalue weighted by Crippen LogP contribution is 2.24. The third-order valence-electron chi connectivity index (χ3n) is 5.18. The smallest absolute Gasteiger partial charge is 0.259 e. The minimum atomic E-state index is -0.0492. The van der Waals surface area contributed by atoms with Crippen LogP contribution in [0.3, 0.4) is 0 Å². The zero-order valence-electron chi connectivity index (χ0n) is 17.5. The predicted molar refractivity (Wildman–Crippen MR) is 113 cm³/mol. The summed E-state index contributed by atoms with van der Waals surface area (Å²) >= 11 is 0. The van der Waals surface area contributed by atoms with Gasteiger partial charge in [0.1, 0.15) is 17.1 Å². The van der Waals surface area contributed by atoms with Crippen molar-refractivity contribution in [3.63, 3.8) is 0 Å². The van der Waals surface area contributed by atoms with E-state index in [-0.39, 0.29) is 11.9 Å². The van der Waals surface area contributed by atoms with Gasteiger partial charge in [0.05, 0.1) is 12.8 Å². The summed E-state index contributed by atoms with van der Waals surface area (Å²) in [6.45, 7) is 6.37. The Hall–Kier alpha value is -3.08. The van der Waals surface area contributed by atoms with Crippen molar-refractivity contribution >= 4 is 5.91 Å². The van der Waals surface area contributed by atoms with Gasteiger partial charge in [-0.2, -0.15) is 0 Å². The third kappa shape index (κ3) is 4.67. The number of para-hydroxylation sites is 1. The summed E-state index contributed by atoms with van der Waals surface area (Å²) in [4.78, 5) is 15.5. The van der Waals surface area contributed by atoms with Crippen LogP contribution in [0.25, 0.3) is 0 Å². The van der Waals surface area contributed by atoms with Gasteiger partial charge in [-0.1, -0.05) is 60.6 Å². The van der Waals surface area contributed by atoms with Crippen LogP contribution in [-0.2, 0) is 19.4 Å². The molecule has 1 atom stereocenters. The van der Waals surface area contributed by atoms with Crippen molar-refractivity contribution in [3.05, 3.63) is 82.7 Å². The quantitative estimate of drug-likeness (QED) is 0.551. The fraction of sp³-hybridized carbons (Fsp3) is 0.333. The first kappa shape index (κ1) is 20.6. The number of aromatic nitrogens is 1. The predicted octanol–water partition coefficient (Wildman–Crippen LogP) is 4.83. The molecule has 0 bridgehead atoms. The molecule has 152 valence electrons. The number of benzene rings is 2. The van der Waals surface area contributed by atoms with E-state index in [9.17, 15) is 4.79 Å². The first-order chi connectivity index (χ1) is 14.0. The highest BCUT2D eigenvalue weighted by molar-refractivity contribution is 5.96. The molecule has 0 aliphatic carbocycles. The van der Waals surface area contributed by atoms with E-state index >= 15 is 0 Å². The molecular weight excluding hydrogens is 364 g/mol. The fourth-order valence-electron chi connectivity index (χ4n) is 3.58. The Morgan fingerprint density at radius 2 is 1.83 bits per heavy atom. The summed E-state index contributed by atoms with van der Waals surface area (Å²) in [7, 11) is 1.67. The van der Waals surface area contributed by atoms with Crippen LogP contribution in [0, 0.1) is 6.92 Å². The van der Waals surface area contributed by atoms with Crippen molar-refractivity contribution in [3.8, 4) is 5.75 Å². The Balaban J connectivity index is 1.94. The van der Waals surface area contributed by atoms with E-state index in [0.717, 1.165) is 16.9 Å². The van der Waals surface area contributed by atoms with Gasteiger partial charge in [-0.05, 0) is 43.9 Å². The van der Waals surface area contributed by atoms with Crippen molar-refractivity contribution in [2.45, 2.75) is 46.2 Å². The minimum absolute atomic E-state index is 0.0435. The maximum absolute atomic E-state index is 13.6. The molecule has 5 nitrogen and oxygen atoms in total. The number of nitrogens with zero attached hydrogens (tertiary/aromatic N) is 2. The van der Waals surface area contributed by atoms with E-state index in [2.05, 4.69) is 12.1 Å². The molecule has 0 aliphatic heterocycles. The van der Waals surface area contributed by atoms with E-state index in [0.29, 0.717) is 36.4 Å². The molecule has 29 heavy (non-hydrogen) atoms. The zero-order valence-corrected chi connectivity index (χ0v) is 17.5. The molecule has 0 radical (unpaired) electrons. The molecule has 0 aliphatic rings. The van der Waals surface area contributed by atoms with Crippen LogP contribution < -0.4 is 4.74 Å². The Morgan fingerprint density at radius 1 is 1.14 bits per heavy atom. The van der Waals surface area contributed by atoms with Crippen LogP contribution >= 0.6 is 0 Å². The van der Waals surface area contributed by atoms with Crippen LogP contribution in [0.4, 0.5) is 0 Å². The van der Waals surface area contributed by atoms with Gasteiger partial charge in [-0.15, -0.1) is 0 Å². The summed E-state index contributed by atoms with van der Waals surface area (Å²) in [6, 6.07) is 17.9. The largest absolute Gasteiger partial charge is 0.496 e.